The summed E-state index contributed by atoms with van der Waals surface area (Å²) in [4.78, 5) is 37.2. The number of hydrogen-bond acceptors (Lipinski definition) is 4. The first kappa shape index (κ1) is 12.9. The van der Waals surface area contributed by atoms with Crippen LogP contribution in [0.5, 0.6) is 0 Å². The maximum absolute atomic E-state index is 12.4. The van der Waals surface area contributed by atoms with Gasteiger partial charge in [-0.1, -0.05) is 6.07 Å². The van der Waals surface area contributed by atoms with E-state index in [0.717, 1.165) is 9.44 Å². The Morgan fingerprint density at radius 1 is 1.25 bits per heavy atom. The monoisotopic (exact) mass is 291 g/mol. The Morgan fingerprint density at radius 3 is 2.65 bits per heavy atom. The summed E-state index contributed by atoms with van der Waals surface area (Å²) in [5.74, 6) is -0.156. The van der Waals surface area contributed by atoms with Gasteiger partial charge in [-0.3, -0.25) is 18.7 Å². The molecule has 20 heavy (non-hydrogen) atoms. The number of amides is 1. The fraction of sp³-hybridized carbons (Fsp3) is 0.308. The van der Waals surface area contributed by atoms with Crippen molar-refractivity contribution in [1.29, 1.82) is 0 Å². The highest BCUT2D eigenvalue weighted by Crippen LogP contribution is 2.35. The van der Waals surface area contributed by atoms with Crippen LogP contribution in [0, 0.1) is 0 Å². The van der Waals surface area contributed by atoms with Crippen LogP contribution < -0.4 is 16.6 Å². The number of carbonyl (C=O) groups excluding carboxylic acids is 1. The van der Waals surface area contributed by atoms with Crippen molar-refractivity contribution in [1.82, 2.24) is 9.13 Å². The molecule has 3 rings (SSSR count). The lowest BCUT2D eigenvalue weighted by atomic mass is 9.92. The average molecular weight is 291 g/mol. The number of rotatable bonds is 1. The smallest absolute Gasteiger partial charge is 0.312 e. The van der Waals surface area contributed by atoms with Crippen molar-refractivity contribution in [2.24, 2.45) is 14.1 Å². The lowest BCUT2D eigenvalue weighted by molar-refractivity contribution is -0.116. The highest BCUT2D eigenvalue weighted by atomic mass is 32.1. The normalized spacial score (nSPS) is 17.7. The maximum Gasteiger partial charge on any atom is 0.332 e. The quantitative estimate of drug-likeness (QED) is 0.837. The number of nitrogens with zero attached hydrogens (tertiary/aromatic N) is 2. The minimum absolute atomic E-state index is 0.181. The first-order valence-corrected chi connectivity index (χ1v) is 7.02. The van der Waals surface area contributed by atoms with Crippen LogP contribution in [0.25, 0.3) is 0 Å². The topological polar surface area (TPSA) is 73.1 Å². The third-order valence-corrected chi connectivity index (χ3v) is 4.57. The minimum atomic E-state index is -0.444. The molecule has 0 saturated heterocycles. The van der Waals surface area contributed by atoms with E-state index in [1.54, 1.807) is 7.05 Å². The zero-order valence-corrected chi connectivity index (χ0v) is 11.9. The van der Waals surface area contributed by atoms with Gasteiger partial charge in [0.1, 0.15) is 5.82 Å². The molecule has 0 aromatic carbocycles. The Labute approximate surface area is 118 Å². The van der Waals surface area contributed by atoms with Crippen LogP contribution in [0.2, 0.25) is 0 Å². The molecular weight excluding hydrogens is 278 g/mol. The zero-order chi connectivity index (χ0) is 14.4. The van der Waals surface area contributed by atoms with E-state index < -0.39 is 5.69 Å². The highest BCUT2D eigenvalue weighted by Gasteiger charge is 2.32. The van der Waals surface area contributed by atoms with E-state index in [9.17, 15) is 14.4 Å². The number of carbonyl (C=O) groups is 1. The van der Waals surface area contributed by atoms with Gasteiger partial charge in [0, 0.05) is 31.3 Å². The molecule has 1 aliphatic heterocycles. The van der Waals surface area contributed by atoms with E-state index in [2.05, 4.69) is 5.32 Å². The lowest BCUT2D eigenvalue weighted by Crippen LogP contribution is -2.44. The van der Waals surface area contributed by atoms with Gasteiger partial charge in [-0.25, -0.2) is 4.79 Å². The fourth-order valence-electron chi connectivity index (χ4n) is 2.54. The molecule has 0 spiro atoms. The van der Waals surface area contributed by atoms with Crippen molar-refractivity contribution >= 4 is 23.1 Å². The summed E-state index contributed by atoms with van der Waals surface area (Å²) in [6, 6.07) is 3.79. The van der Waals surface area contributed by atoms with Gasteiger partial charge in [0.05, 0.1) is 5.56 Å². The summed E-state index contributed by atoms with van der Waals surface area (Å²) in [6.45, 7) is 0. The summed E-state index contributed by atoms with van der Waals surface area (Å²) >= 11 is 1.50. The largest absolute Gasteiger partial charge is 0.332 e. The van der Waals surface area contributed by atoms with Crippen LogP contribution >= 0.6 is 11.3 Å². The van der Waals surface area contributed by atoms with Gasteiger partial charge < -0.3 is 5.32 Å². The van der Waals surface area contributed by atoms with Crippen molar-refractivity contribution < 1.29 is 4.79 Å². The average Bonchev–Trinajstić information content (AvgIpc) is 2.95. The van der Waals surface area contributed by atoms with Gasteiger partial charge in [-0.2, -0.15) is 0 Å². The molecule has 7 heteroatoms. The van der Waals surface area contributed by atoms with Gasteiger partial charge in [-0.15, -0.1) is 11.3 Å². The summed E-state index contributed by atoms with van der Waals surface area (Å²) in [5, 5.41) is 4.55. The molecule has 1 N–H and O–H groups in total. The van der Waals surface area contributed by atoms with Crippen LogP contribution in [0.1, 0.15) is 22.8 Å². The molecule has 2 aromatic rings. The Kier molecular flexibility index (Phi) is 2.86. The van der Waals surface area contributed by atoms with Crippen LogP contribution in [0.15, 0.2) is 27.1 Å². The molecule has 0 unspecified atom stereocenters. The summed E-state index contributed by atoms with van der Waals surface area (Å²) < 4.78 is 2.39. The van der Waals surface area contributed by atoms with E-state index in [1.165, 1.54) is 23.0 Å². The maximum atomic E-state index is 12.4. The molecule has 1 aliphatic rings. The Balaban J connectivity index is 2.35. The van der Waals surface area contributed by atoms with E-state index in [0.29, 0.717) is 11.4 Å². The Bertz CT molecular complexity index is 801. The molecule has 1 atom stereocenters. The highest BCUT2D eigenvalue weighted by molar-refractivity contribution is 7.10. The van der Waals surface area contributed by atoms with Gasteiger partial charge in [0.25, 0.3) is 5.56 Å². The second kappa shape index (κ2) is 4.45. The second-order valence-electron chi connectivity index (χ2n) is 4.79. The SMILES string of the molecule is Cn1c2c(c(=O)n(C)c1=O)[C@H](c1cccs1)CC(=O)N2. The number of aromatic nitrogens is 2. The molecule has 104 valence electrons. The standard InChI is InChI=1S/C13H13N3O3S/c1-15-11-10(12(18)16(2)13(15)19)7(6-9(17)14-11)8-4-3-5-20-8/h3-5,7H,6H2,1-2H3,(H,14,17)/t7-/m0/s1. The number of thiophene rings is 1. The van der Waals surface area contributed by atoms with E-state index in [4.69, 9.17) is 0 Å². The van der Waals surface area contributed by atoms with E-state index >= 15 is 0 Å². The van der Waals surface area contributed by atoms with Gasteiger partial charge in [0.2, 0.25) is 5.91 Å². The van der Waals surface area contributed by atoms with Crippen LogP contribution in [0.3, 0.4) is 0 Å². The third-order valence-electron chi connectivity index (χ3n) is 3.58. The molecule has 0 saturated carbocycles. The second-order valence-corrected chi connectivity index (χ2v) is 5.77. The van der Waals surface area contributed by atoms with Crippen molar-refractivity contribution in [3.63, 3.8) is 0 Å². The summed E-state index contributed by atoms with van der Waals surface area (Å²) in [6.07, 6.45) is 0.223. The number of anilines is 1. The molecule has 2 aromatic heterocycles. The zero-order valence-electron chi connectivity index (χ0n) is 11.0. The third kappa shape index (κ3) is 1.74. The summed E-state index contributed by atoms with van der Waals surface area (Å²) in [7, 11) is 3.00. The fourth-order valence-corrected chi connectivity index (χ4v) is 3.38. The van der Waals surface area contributed by atoms with Gasteiger partial charge >= 0.3 is 5.69 Å². The van der Waals surface area contributed by atoms with Crippen LogP contribution in [-0.4, -0.2) is 15.0 Å². The Morgan fingerprint density at radius 2 is 2.00 bits per heavy atom. The predicted molar refractivity (Wildman–Crippen MR) is 76.3 cm³/mol. The Hall–Kier alpha value is -2.15. The number of fused-ring (bicyclic) bond motifs is 1. The van der Waals surface area contributed by atoms with Gasteiger partial charge in [-0.05, 0) is 11.4 Å². The molecule has 1 amide bonds. The first-order valence-electron chi connectivity index (χ1n) is 6.14. The van der Waals surface area contributed by atoms with Crippen molar-refractivity contribution in [3.8, 4) is 0 Å². The number of nitrogens with one attached hydrogen (secondary N) is 1. The molecule has 0 bridgehead atoms. The number of hydrogen-bond donors (Lipinski definition) is 1. The molecule has 0 aliphatic carbocycles. The molecule has 0 fully saturated rings. The molecule has 0 radical (unpaired) electrons. The van der Waals surface area contributed by atoms with Crippen molar-refractivity contribution in [3.05, 3.63) is 48.8 Å². The van der Waals surface area contributed by atoms with E-state index in [-0.39, 0.29) is 23.8 Å². The van der Waals surface area contributed by atoms with E-state index in [1.807, 2.05) is 17.5 Å². The molecular formula is C13H13N3O3S. The first-order chi connectivity index (χ1) is 9.50. The molecule has 3 heterocycles. The predicted octanol–water partition coefficient (Wildman–Crippen LogP) is 0.620. The van der Waals surface area contributed by atoms with Crippen molar-refractivity contribution in [2.45, 2.75) is 12.3 Å². The lowest BCUT2D eigenvalue weighted by Gasteiger charge is -2.26. The minimum Gasteiger partial charge on any atom is -0.312 e. The van der Waals surface area contributed by atoms with Crippen LogP contribution in [0.4, 0.5) is 5.82 Å². The van der Waals surface area contributed by atoms with Gasteiger partial charge in [0.15, 0.2) is 0 Å². The molecule has 6 nitrogen and oxygen atoms in total. The summed E-state index contributed by atoms with van der Waals surface area (Å²) in [5.41, 5.74) is -0.306. The van der Waals surface area contributed by atoms with Crippen LogP contribution in [-0.2, 0) is 18.9 Å². The van der Waals surface area contributed by atoms with Crippen molar-refractivity contribution in [2.75, 3.05) is 5.32 Å².